The third-order valence-corrected chi connectivity index (χ3v) is 4.52. The first kappa shape index (κ1) is 15.1. The van der Waals surface area contributed by atoms with Gasteiger partial charge in [0.2, 0.25) is 0 Å². The molecule has 0 aliphatic heterocycles. The van der Waals surface area contributed by atoms with Crippen molar-refractivity contribution < 1.29 is 17.6 Å². The highest BCUT2D eigenvalue weighted by atomic mass is 19.2. The summed E-state index contributed by atoms with van der Waals surface area (Å²) in [6.07, 6.45) is 3.42. The molecule has 0 radical (unpaired) electrons. The molecule has 0 spiro atoms. The molecular formula is C18H16F4. The molecule has 1 unspecified atom stereocenters. The molecule has 0 nitrogen and oxygen atoms in total. The van der Waals surface area contributed by atoms with E-state index in [0.717, 1.165) is 37.0 Å². The first-order chi connectivity index (χ1) is 10.5. The van der Waals surface area contributed by atoms with Crippen LogP contribution in [0.15, 0.2) is 24.3 Å². The molecule has 2 aromatic carbocycles. The summed E-state index contributed by atoms with van der Waals surface area (Å²) < 4.78 is 54.4. The molecule has 0 bridgehead atoms. The smallest absolute Gasteiger partial charge is 0.194 e. The Morgan fingerprint density at radius 3 is 2.32 bits per heavy atom. The third kappa shape index (κ3) is 2.51. The summed E-state index contributed by atoms with van der Waals surface area (Å²) in [5.74, 6) is -4.04. The van der Waals surface area contributed by atoms with Gasteiger partial charge in [-0.1, -0.05) is 25.5 Å². The van der Waals surface area contributed by atoms with Crippen LogP contribution in [0, 0.1) is 29.2 Å². The highest BCUT2D eigenvalue weighted by Gasteiger charge is 2.23. The number of rotatable bonds is 2. The molecule has 1 aliphatic carbocycles. The molecule has 0 aromatic heterocycles. The fraction of sp³-hybridized carbons (Fsp3) is 0.333. The van der Waals surface area contributed by atoms with Crippen molar-refractivity contribution in [3.05, 3.63) is 58.7 Å². The maximum absolute atomic E-state index is 14.7. The van der Waals surface area contributed by atoms with Gasteiger partial charge < -0.3 is 0 Å². The molecule has 4 heteroatoms. The van der Waals surface area contributed by atoms with Gasteiger partial charge in [0.05, 0.1) is 0 Å². The van der Waals surface area contributed by atoms with Crippen LogP contribution in [0.5, 0.6) is 0 Å². The van der Waals surface area contributed by atoms with Gasteiger partial charge in [-0.25, -0.2) is 17.6 Å². The summed E-state index contributed by atoms with van der Waals surface area (Å²) in [6.45, 7) is 2.12. The minimum absolute atomic E-state index is 0.0225. The summed E-state index contributed by atoms with van der Waals surface area (Å²) >= 11 is 0. The quantitative estimate of drug-likeness (QED) is 0.513. The summed E-state index contributed by atoms with van der Waals surface area (Å²) in [5.41, 5.74) is 1.72. The van der Waals surface area contributed by atoms with Crippen LogP contribution >= 0.6 is 0 Å². The van der Waals surface area contributed by atoms with Crippen LogP contribution in [0.2, 0.25) is 0 Å². The Hall–Kier alpha value is -1.84. The SMILES string of the molecule is CCC1CCc2c(ccc(-c3cc(F)c(F)c(F)c3)c2F)C1. The predicted molar refractivity (Wildman–Crippen MR) is 77.5 cm³/mol. The third-order valence-electron chi connectivity index (χ3n) is 4.52. The van der Waals surface area contributed by atoms with Crippen molar-refractivity contribution in [3.8, 4) is 11.1 Å². The Morgan fingerprint density at radius 2 is 1.68 bits per heavy atom. The van der Waals surface area contributed by atoms with Gasteiger partial charge in [0.1, 0.15) is 5.82 Å². The van der Waals surface area contributed by atoms with Crippen molar-refractivity contribution >= 4 is 0 Å². The van der Waals surface area contributed by atoms with E-state index in [2.05, 4.69) is 6.92 Å². The number of hydrogen-bond acceptors (Lipinski definition) is 0. The predicted octanol–water partition coefficient (Wildman–Crippen LogP) is 5.42. The monoisotopic (exact) mass is 308 g/mol. The molecule has 0 saturated heterocycles. The number of fused-ring (bicyclic) bond motifs is 1. The maximum Gasteiger partial charge on any atom is 0.194 e. The minimum Gasteiger partial charge on any atom is -0.206 e. The molecule has 3 rings (SSSR count). The molecule has 2 aromatic rings. The lowest BCUT2D eigenvalue weighted by atomic mass is 9.81. The van der Waals surface area contributed by atoms with Gasteiger partial charge >= 0.3 is 0 Å². The van der Waals surface area contributed by atoms with E-state index in [1.807, 2.05) is 6.07 Å². The van der Waals surface area contributed by atoms with Crippen LogP contribution in [0.25, 0.3) is 11.1 Å². The molecule has 1 aliphatic rings. The standard InChI is InChI=1S/C18H16F4/c1-2-10-3-5-13-11(7-10)4-6-14(17(13)21)12-8-15(19)18(22)16(20)9-12/h4,6,8-10H,2-3,5,7H2,1H3. The summed E-state index contributed by atoms with van der Waals surface area (Å²) in [5, 5.41) is 0. The molecular weight excluding hydrogens is 292 g/mol. The maximum atomic E-state index is 14.7. The summed E-state index contributed by atoms with van der Waals surface area (Å²) in [6, 6.07) is 5.01. The Bertz CT molecular complexity index is 698. The lowest BCUT2D eigenvalue weighted by molar-refractivity contribution is 0.434. The van der Waals surface area contributed by atoms with Crippen LogP contribution in [-0.4, -0.2) is 0 Å². The zero-order valence-corrected chi connectivity index (χ0v) is 12.2. The number of hydrogen-bond donors (Lipinski definition) is 0. The van der Waals surface area contributed by atoms with E-state index in [1.54, 1.807) is 0 Å². The number of benzene rings is 2. The lowest BCUT2D eigenvalue weighted by Gasteiger charge is -2.25. The average molecular weight is 308 g/mol. The van der Waals surface area contributed by atoms with Gasteiger partial charge in [-0.2, -0.15) is 0 Å². The Labute approximate surface area is 126 Å². The fourth-order valence-corrected chi connectivity index (χ4v) is 3.17. The Morgan fingerprint density at radius 1 is 1.00 bits per heavy atom. The van der Waals surface area contributed by atoms with E-state index in [0.29, 0.717) is 17.9 Å². The Kier molecular flexibility index (Phi) is 3.94. The van der Waals surface area contributed by atoms with E-state index in [4.69, 9.17) is 0 Å². The molecule has 116 valence electrons. The molecule has 22 heavy (non-hydrogen) atoms. The topological polar surface area (TPSA) is 0 Å². The van der Waals surface area contributed by atoms with E-state index >= 15 is 0 Å². The van der Waals surface area contributed by atoms with Crippen molar-refractivity contribution in [2.45, 2.75) is 32.6 Å². The largest absolute Gasteiger partial charge is 0.206 e. The first-order valence-electron chi connectivity index (χ1n) is 7.46. The van der Waals surface area contributed by atoms with E-state index in [-0.39, 0.29) is 11.1 Å². The first-order valence-corrected chi connectivity index (χ1v) is 7.46. The van der Waals surface area contributed by atoms with Gasteiger partial charge in [0.25, 0.3) is 0 Å². The van der Waals surface area contributed by atoms with Gasteiger partial charge in [-0.3, -0.25) is 0 Å². The van der Waals surface area contributed by atoms with Crippen LogP contribution < -0.4 is 0 Å². The number of halogens is 4. The second kappa shape index (κ2) is 5.75. The summed E-state index contributed by atoms with van der Waals surface area (Å²) in [7, 11) is 0. The van der Waals surface area contributed by atoms with Crippen LogP contribution in [-0.2, 0) is 12.8 Å². The van der Waals surface area contributed by atoms with Gasteiger partial charge in [0.15, 0.2) is 17.5 Å². The van der Waals surface area contributed by atoms with Crippen molar-refractivity contribution in [3.63, 3.8) is 0 Å². The zero-order chi connectivity index (χ0) is 15.9. The van der Waals surface area contributed by atoms with Crippen LogP contribution in [0.4, 0.5) is 17.6 Å². The molecule has 0 fully saturated rings. The van der Waals surface area contributed by atoms with Gasteiger partial charge in [-0.15, -0.1) is 0 Å². The van der Waals surface area contributed by atoms with Crippen molar-refractivity contribution in [1.29, 1.82) is 0 Å². The molecule has 0 heterocycles. The van der Waals surface area contributed by atoms with E-state index in [9.17, 15) is 17.6 Å². The highest BCUT2D eigenvalue weighted by molar-refractivity contribution is 5.66. The molecule has 0 saturated carbocycles. The summed E-state index contributed by atoms with van der Waals surface area (Å²) in [4.78, 5) is 0. The van der Waals surface area contributed by atoms with Crippen molar-refractivity contribution in [2.75, 3.05) is 0 Å². The van der Waals surface area contributed by atoms with Crippen LogP contribution in [0.3, 0.4) is 0 Å². The molecule has 0 amide bonds. The lowest BCUT2D eigenvalue weighted by Crippen LogP contribution is -2.15. The second-order valence-electron chi connectivity index (χ2n) is 5.84. The average Bonchev–Trinajstić information content (AvgIpc) is 2.52. The van der Waals surface area contributed by atoms with E-state index in [1.165, 1.54) is 6.07 Å². The van der Waals surface area contributed by atoms with E-state index < -0.39 is 23.3 Å². The molecule has 1 atom stereocenters. The van der Waals surface area contributed by atoms with Gasteiger partial charge in [0, 0.05) is 5.56 Å². The van der Waals surface area contributed by atoms with Crippen molar-refractivity contribution in [1.82, 2.24) is 0 Å². The zero-order valence-electron chi connectivity index (χ0n) is 12.2. The Balaban J connectivity index is 2.07. The minimum atomic E-state index is -1.53. The van der Waals surface area contributed by atoms with Crippen LogP contribution in [0.1, 0.15) is 30.9 Å². The normalized spacial score (nSPS) is 17.4. The second-order valence-corrected chi connectivity index (χ2v) is 5.84. The van der Waals surface area contributed by atoms with Gasteiger partial charge in [-0.05, 0) is 54.0 Å². The molecule has 0 N–H and O–H groups in total. The highest BCUT2D eigenvalue weighted by Crippen LogP contribution is 2.34. The fourth-order valence-electron chi connectivity index (χ4n) is 3.17. The van der Waals surface area contributed by atoms with Crippen molar-refractivity contribution in [2.24, 2.45) is 5.92 Å².